The number of piperazine rings is 1. The molecule has 90 valence electrons. The summed E-state index contributed by atoms with van der Waals surface area (Å²) in [6.45, 7) is 7.46. The summed E-state index contributed by atoms with van der Waals surface area (Å²) < 4.78 is 0. The zero-order valence-corrected chi connectivity index (χ0v) is 11.0. The first-order valence-corrected chi connectivity index (χ1v) is 6.71. The van der Waals surface area contributed by atoms with Crippen LogP contribution in [-0.4, -0.2) is 49.6 Å². The van der Waals surface area contributed by atoms with E-state index in [-0.39, 0.29) is 0 Å². The maximum Gasteiger partial charge on any atom is 0.0565 e. The molecule has 1 atom stereocenters. The highest BCUT2D eigenvalue weighted by Gasteiger charge is 2.23. The molecule has 0 saturated carbocycles. The van der Waals surface area contributed by atoms with Gasteiger partial charge in [0, 0.05) is 42.5 Å². The van der Waals surface area contributed by atoms with Crippen LogP contribution in [0.15, 0.2) is 12.1 Å². The zero-order chi connectivity index (χ0) is 11.5. The smallest absolute Gasteiger partial charge is 0.0565 e. The quantitative estimate of drug-likeness (QED) is 0.863. The van der Waals surface area contributed by atoms with Crippen molar-refractivity contribution < 1.29 is 0 Å². The van der Waals surface area contributed by atoms with Gasteiger partial charge in [0.2, 0.25) is 0 Å². The topological polar surface area (TPSA) is 32.5 Å². The Labute approximate surface area is 102 Å². The van der Waals surface area contributed by atoms with Gasteiger partial charge in [0.15, 0.2) is 0 Å². The van der Waals surface area contributed by atoms with Crippen molar-refractivity contribution in [3.8, 4) is 0 Å². The second-order valence-corrected chi connectivity index (χ2v) is 5.86. The first kappa shape index (κ1) is 12.0. The highest BCUT2D eigenvalue weighted by Crippen LogP contribution is 2.27. The van der Waals surface area contributed by atoms with Gasteiger partial charge in [-0.25, -0.2) is 0 Å². The van der Waals surface area contributed by atoms with Gasteiger partial charge in [-0.3, -0.25) is 4.90 Å². The minimum atomic E-state index is 0.424. The van der Waals surface area contributed by atoms with Crippen molar-refractivity contribution in [2.75, 3.05) is 39.8 Å². The molecule has 1 saturated heterocycles. The Morgan fingerprint density at radius 1 is 1.31 bits per heavy atom. The van der Waals surface area contributed by atoms with Crippen molar-refractivity contribution in [1.82, 2.24) is 9.80 Å². The SMILES string of the molecule is Cc1ccc(C(CN)N2CCN(C)CC2)s1. The van der Waals surface area contributed by atoms with E-state index in [2.05, 4.69) is 35.9 Å². The third kappa shape index (κ3) is 2.63. The Bertz CT molecular complexity index is 329. The molecule has 0 aliphatic carbocycles. The van der Waals surface area contributed by atoms with Crippen molar-refractivity contribution in [3.05, 3.63) is 21.9 Å². The van der Waals surface area contributed by atoms with Crippen LogP contribution in [0.2, 0.25) is 0 Å². The highest BCUT2D eigenvalue weighted by molar-refractivity contribution is 7.12. The van der Waals surface area contributed by atoms with Gasteiger partial charge < -0.3 is 10.6 Å². The lowest BCUT2D eigenvalue weighted by molar-refractivity contribution is 0.116. The predicted octanol–water partition coefficient (Wildman–Crippen LogP) is 1.30. The van der Waals surface area contributed by atoms with Crippen LogP contribution in [0.25, 0.3) is 0 Å². The summed E-state index contributed by atoms with van der Waals surface area (Å²) >= 11 is 1.88. The molecule has 1 unspecified atom stereocenters. The highest BCUT2D eigenvalue weighted by atomic mass is 32.1. The average molecular weight is 239 g/mol. The number of thiophene rings is 1. The minimum absolute atomic E-state index is 0.424. The fraction of sp³-hybridized carbons (Fsp3) is 0.667. The van der Waals surface area contributed by atoms with Gasteiger partial charge in [0.05, 0.1) is 6.04 Å². The van der Waals surface area contributed by atoms with E-state index in [1.165, 1.54) is 9.75 Å². The van der Waals surface area contributed by atoms with E-state index >= 15 is 0 Å². The van der Waals surface area contributed by atoms with Gasteiger partial charge in [0.25, 0.3) is 0 Å². The first-order chi connectivity index (χ1) is 7.70. The van der Waals surface area contributed by atoms with Gasteiger partial charge in [-0.2, -0.15) is 0 Å². The average Bonchev–Trinajstić information content (AvgIpc) is 2.69. The number of rotatable bonds is 3. The standard InChI is InChI=1S/C12H21N3S/c1-10-3-4-12(16-10)11(9-13)15-7-5-14(2)6-8-15/h3-4,11H,5-9,13H2,1-2H3. The van der Waals surface area contributed by atoms with Gasteiger partial charge >= 0.3 is 0 Å². The summed E-state index contributed by atoms with van der Waals surface area (Å²) in [7, 11) is 2.18. The second-order valence-electron chi connectivity index (χ2n) is 4.54. The maximum absolute atomic E-state index is 5.93. The summed E-state index contributed by atoms with van der Waals surface area (Å²) in [6, 6.07) is 4.85. The summed E-state index contributed by atoms with van der Waals surface area (Å²) in [5.74, 6) is 0. The molecule has 0 aromatic carbocycles. The Morgan fingerprint density at radius 2 is 2.00 bits per heavy atom. The lowest BCUT2D eigenvalue weighted by Gasteiger charge is -2.37. The molecule has 0 radical (unpaired) electrons. The number of likely N-dealkylation sites (N-methyl/N-ethyl adjacent to an activating group) is 1. The molecule has 2 rings (SSSR count). The number of hydrogen-bond donors (Lipinski definition) is 1. The molecule has 1 aromatic heterocycles. The second kappa shape index (κ2) is 5.27. The first-order valence-electron chi connectivity index (χ1n) is 5.89. The maximum atomic E-state index is 5.93. The third-order valence-corrected chi connectivity index (χ3v) is 4.39. The van der Waals surface area contributed by atoms with Gasteiger partial charge in [-0.1, -0.05) is 0 Å². The van der Waals surface area contributed by atoms with Crippen LogP contribution in [0.5, 0.6) is 0 Å². The summed E-state index contributed by atoms with van der Waals surface area (Å²) in [6.07, 6.45) is 0. The van der Waals surface area contributed by atoms with E-state index in [0.29, 0.717) is 6.04 Å². The van der Waals surface area contributed by atoms with Crippen LogP contribution in [0.3, 0.4) is 0 Å². The third-order valence-electron chi connectivity index (χ3n) is 3.29. The fourth-order valence-electron chi connectivity index (χ4n) is 2.21. The van der Waals surface area contributed by atoms with Crippen molar-refractivity contribution in [2.24, 2.45) is 5.73 Å². The molecule has 1 aliphatic rings. The lowest BCUT2D eigenvalue weighted by atomic mass is 10.1. The van der Waals surface area contributed by atoms with Crippen molar-refractivity contribution in [1.29, 1.82) is 0 Å². The molecule has 16 heavy (non-hydrogen) atoms. The molecule has 2 N–H and O–H groups in total. The largest absolute Gasteiger partial charge is 0.329 e. The van der Waals surface area contributed by atoms with Crippen molar-refractivity contribution in [2.45, 2.75) is 13.0 Å². The summed E-state index contributed by atoms with van der Waals surface area (Å²) in [5, 5.41) is 0. The number of hydrogen-bond acceptors (Lipinski definition) is 4. The van der Waals surface area contributed by atoms with Crippen LogP contribution >= 0.6 is 11.3 Å². The van der Waals surface area contributed by atoms with E-state index in [0.717, 1.165) is 32.7 Å². The van der Waals surface area contributed by atoms with Crippen molar-refractivity contribution in [3.63, 3.8) is 0 Å². The minimum Gasteiger partial charge on any atom is -0.329 e. The van der Waals surface area contributed by atoms with Crippen LogP contribution in [-0.2, 0) is 0 Å². The molecule has 3 nitrogen and oxygen atoms in total. The number of aryl methyl sites for hydroxylation is 1. The Kier molecular flexibility index (Phi) is 3.97. The Morgan fingerprint density at radius 3 is 2.50 bits per heavy atom. The molecule has 1 aromatic rings. The molecule has 2 heterocycles. The Balaban J connectivity index is 2.05. The van der Waals surface area contributed by atoms with Crippen LogP contribution in [0.1, 0.15) is 15.8 Å². The number of nitrogens with two attached hydrogens (primary N) is 1. The normalized spacial score (nSPS) is 21.2. The summed E-state index contributed by atoms with van der Waals surface area (Å²) in [4.78, 5) is 7.70. The molecule has 0 spiro atoms. The van der Waals surface area contributed by atoms with Crippen molar-refractivity contribution >= 4 is 11.3 Å². The monoisotopic (exact) mass is 239 g/mol. The molecule has 0 bridgehead atoms. The molecule has 0 amide bonds. The fourth-order valence-corrected chi connectivity index (χ4v) is 3.24. The van der Waals surface area contributed by atoms with Crippen LogP contribution < -0.4 is 5.73 Å². The summed E-state index contributed by atoms with van der Waals surface area (Å²) in [5.41, 5.74) is 5.93. The lowest BCUT2D eigenvalue weighted by Crippen LogP contribution is -2.47. The molecule has 4 heteroatoms. The zero-order valence-electron chi connectivity index (χ0n) is 10.1. The molecule has 1 aliphatic heterocycles. The van der Waals surface area contributed by atoms with Gasteiger partial charge in [-0.15, -0.1) is 11.3 Å². The van der Waals surface area contributed by atoms with E-state index in [9.17, 15) is 0 Å². The van der Waals surface area contributed by atoms with E-state index in [4.69, 9.17) is 5.73 Å². The van der Waals surface area contributed by atoms with Crippen LogP contribution in [0, 0.1) is 6.92 Å². The number of nitrogens with zero attached hydrogens (tertiary/aromatic N) is 2. The molecular weight excluding hydrogens is 218 g/mol. The van der Waals surface area contributed by atoms with Gasteiger partial charge in [0.1, 0.15) is 0 Å². The predicted molar refractivity (Wildman–Crippen MR) is 69.9 cm³/mol. The van der Waals surface area contributed by atoms with E-state index in [1.807, 2.05) is 11.3 Å². The van der Waals surface area contributed by atoms with Gasteiger partial charge in [-0.05, 0) is 26.1 Å². The van der Waals surface area contributed by atoms with Crippen LogP contribution in [0.4, 0.5) is 0 Å². The van der Waals surface area contributed by atoms with E-state index in [1.54, 1.807) is 0 Å². The Hall–Kier alpha value is -0.420. The molecule has 1 fully saturated rings. The molecular formula is C12H21N3S. The van der Waals surface area contributed by atoms with E-state index < -0.39 is 0 Å².